The maximum absolute atomic E-state index is 11.5. The number of carbonyl (C=O) groups is 1. The van der Waals surface area contributed by atoms with Gasteiger partial charge in [-0.05, 0) is 24.6 Å². The number of aliphatic hydroxyl groups excluding tert-OH is 1. The van der Waals surface area contributed by atoms with E-state index in [9.17, 15) is 9.90 Å². The molecule has 6 heteroatoms. The van der Waals surface area contributed by atoms with Crippen LogP contribution in [0, 0.1) is 0 Å². The maximum atomic E-state index is 11.5. The number of ether oxygens (including phenoxy) is 1. The molecule has 1 aromatic heterocycles. The topological polar surface area (TPSA) is 77.2 Å². The predicted molar refractivity (Wildman–Crippen MR) is 68.0 cm³/mol. The van der Waals surface area contributed by atoms with Gasteiger partial charge < -0.3 is 9.84 Å². The summed E-state index contributed by atoms with van der Waals surface area (Å²) in [5.74, 6) is -0.401. The molecule has 2 rings (SSSR count). The van der Waals surface area contributed by atoms with Crippen LogP contribution in [0.3, 0.4) is 0 Å². The highest BCUT2D eigenvalue weighted by Crippen LogP contribution is 2.15. The van der Waals surface area contributed by atoms with Gasteiger partial charge in [0.05, 0.1) is 30.7 Å². The Morgan fingerprint density at radius 2 is 2.26 bits per heavy atom. The minimum Gasteiger partial charge on any atom is -0.465 e. The second-order valence-corrected chi connectivity index (χ2v) is 3.95. The lowest BCUT2D eigenvalue weighted by atomic mass is 10.2. The van der Waals surface area contributed by atoms with Gasteiger partial charge in [0.15, 0.2) is 0 Å². The molecule has 2 aromatic rings. The molecule has 0 atom stereocenters. The highest BCUT2D eigenvalue weighted by atomic mass is 16.5. The van der Waals surface area contributed by atoms with Crippen LogP contribution in [-0.2, 0) is 17.8 Å². The third kappa shape index (κ3) is 2.48. The number of nitrogens with zero attached hydrogens (tertiary/aromatic N) is 3. The fourth-order valence-corrected chi connectivity index (χ4v) is 1.90. The van der Waals surface area contributed by atoms with Crippen LogP contribution in [-0.4, -0.2) is 33.2 Å². The maximum Gasteiger partial charge on any atom is 0.337 e. The number of hydrogen-bond acceptors (Lipinski definition) is 5. The van der Waals surface area contributed by atoms with Crippen LogP contribution in [0.5, 0.6) is 0 Å². The van der Waals surface area contributed by atoms with Crippen molar-refractivity contribution < 1.29 is 14.6 Å². The summed E-state index contributed by atoms with van der Waals surface area (Å²) in [5.41, 5.74) is 2.53. The third-order valence-electron chi connectivity index (χ3n) is 2.84. The zero-order valence-electron chi connectivity index (χ0n) is 10.8. The molecule has 0 aliphatic carbocycles. The van der Waals surface area contributed by atoms with E-state index in [4.69, 9.17) is 0 Å². The number of esters is 1. The first-order chi connectivity index (χ1) is 9.21. The van der Waals surface area contributed by atoms with Crippen molar-refractivity contribution >= 4 is 5.97 Å². The highest BCUT2D eigenvalue weighted by molar-refractivity contribution is 5.89. The van der Waals surface area contributed by atoms with Crippen LogP contribution in [0.4, 0.5) is 0 Å². The molecule has 0 bridgehead atoms. The van der Waals surface area contributed by atoms with E-state index in [2.05, 4.69) is 15.0 Å². The Labute approximate surface area is 110 Å². The fraction of sp³-hybridized carbons (Fsp3) is 0.308. The Balaban J connectivity index is 2.47. The summed E-state index contributed by atoms with van der Waals surface area (Å²) in [5, 5.41) is 17.1. The lowest BCUT2D eigenvalue weighted by Crippen LogP contribution is -2.06. The molecule has 1 heterocycles. The molecule has 0 radical (unpaired) electrons. The van der Waals surface area contributed by atoms with E-state index >= 15 is 0 Å². The van der Waals surface area contributed by atoms with Gasteiger partial charge in [0.1, 0.15) is 5.69 Å². The Morgan fingerprint density at radius 3 is 2.89 bits per heavy atom. The van der Waals surface area contributed by atoms with Gasteiger partial charge in [0.25, 0.3) is 0 Å². The number of methoxy groups -OCH3 is 1. The van der Waals surface area contributed by atoms with Crippen molar-refractivity contribution in [3.63, 3.8) is 0 Å². The van der Waals surface area contributed by atoms with Crippen molar-refractivity contribution in [3.8, 4) is 5.69 Å². The summed E-state index contributed by atoms with van der Waals surface area (Å²) in [6, 6.07) is 6.93. The van der Waals surface area contributed by atoms with E-state index in [0.29, 0.717) is 23.4 Å². The number of aliphatic hydroxyl groups is 1. The minimum absolute atomic E-state index is 0.153. The van der Waals surface area contributed by atoms with E-state index in [1.807, 2.05) is 13.0 Å². The van der Waals surface area contributed by atoms with Crippen molar-refractivity contribution in [1.82, 2.24) is 15.0 Å². The van der Waals surface area contributed by atoms with Crippen LogP contribution < -0.4 is 0 Å². The SMILES string of the molecule is CCc1c(CO)nnn1-c1cccc(C(=O)OC)c1. The molecule has 6 nitrogen and oxygen atoms in total. The lowest BCUT2D eigenvalue weighted by Gasteiger charge is -2.07. The summed E-state index contributed by atoms with van der Waals surface area (Å²) in [4.78, 5) is 11.5. The quantitative estimate of drug-likeness (QED) is 0.834. The first kappa shape index (κ1) is 13.2. The van der Waals surface area contributed by atoms with Crippen LogP contribution in [0.2, 0.25) is 0 Å². The number of hydrogen-bond donors (Lipinski definition) is 1. The summed E-state index contributed by atoms with van der Waals surface area (Å²) < 4.78 is 6.31. The average molecular weight is 261 g/mol. The second-order valence-electron chi connectivity index (χ2n) is 3.95. The zero-order valence-corrected chi connectivity index (χ0v) is 10.8. The van der Waals surface area contributed by atoms with Crippen molar-refractivity contribution in [2.75, 3.05) is 7.11 Å². The van der Waals surface area contributed by atoms with Crippen molar-refractivity contribution in [3.05, 3.63) is 41.2 Å². The molecule has 0 aliphatic heterocycles. The van der Waals surface area contributed by atoms with Gasteiger partial charge in [-0.1, -0.05) is 18.2 Å². The molecule has 1 N–H and O–H groups in total. The van der Waals surface area contributed by atoms with Gasteiger partial charge in [-0.2, -0.15) is 0 Å². The Hall–Kier alpha value is -2.21. The van der Waals surface area contributed by atoms with E-state index in [1.165, 1.54) is 7.11 Å². The molecular weight excluding hydrogens is 246 g/mol. The molecule has 1 aromatic carbocycles. The molecule has 0 amide bonds. The van der Waals surface area contributed by atoms with E-state index in [1.54, 1.807) is 22.9 Å². The van der Waals surface area contributed by atoms with Crippen LogP contribution in [0.15, 0.2) is 24.3 Å². The first-order valence-corrected chi connectivity index (χ1v) is 5.94. The molecule has 0 unspecified atom stereocenters. The molecule has 0 saturated carbocycles. The molecule has 0 spiro atoms. The number of aromatic nitrogens is 3. The molecule has 100 valence electrons. The molecule has 0 saturated heterocycles. The normalized spacial score (nSPS) is 10.5. The van der Waals surface area contributed by atoms with Crippen LogP contribution >= 0.6 is 0 Å². The predicted octanol–water partition coefficient (Wildman–Crippen LogP) is 1.11. The summed E-state index contributed by atoms with van der Waals surface area (Å²) in [6.07, 6.45) is 0.686. The van der Waals surface area contributed by atoms with Gasteiger partial charge in [0, 0.05) is 0 Å². The van der Waals surface area contributed by atoms with Gasteiger partial charge in [-0.3, -0.25) is 0 Å². The molecule has 0 fully saturated rings. The minimum atomic E-state index is -0.401. The van der Waals surface area contributed by atoms with Crippen molar-refractivity contribution in [2.24, 2.45) is 0 Å². The van der Waals surface area contributed by atoms with Gasteiger partial charge in [-0.15, -0.1) is 5.10 Å². The zero-order chi connectivity index (χ0) is 13.8. The molecular formula is C13H15N3O3. The summed E-state index contributed by atoms with van der Waals surface area (Å²) in [7, 11) is 1.34. The van der Waals surface area contributed by atoms with E-state index < -0.39 is 5.97 Å². The van der Waals surface area contributed by atoms with E-state index in [0.717, 1.165) is 5.69 Å². The largest absolute Gasteiger partial charge is 0.465 e. The summed E-state index contributed by atoms with van der Waals surface area (Å²) in [6.45, 7) is 1.80. The van der Waals surface area contributed by atoms with Crippen molar-refractivity contribution in [2.45, 2.75) is 20.0 Å². The number of carbonyl (C=O) groups excluding carboxylic acids is 1. The molecule has 0 aliphatic rings. The fourth-order valence-electron chi connectivity index (χ4n) is 1.90. The third-order valence-corrected chi connectivity index (χ3v) is 2.84. The number of rotatable bonds is 4. The van der Waals surface area contributed by atoms with Gasteiger partial charge in [0.2, 0.25) is 0 Å². The van der Waals surface area contributed by atoms with Crippen LogP contribution in [0.25, 0.3) is 5.69 Å². The lowest BCUT2D eigenvalue weighted by molar-refractivity contribution is 0.0600. The van der Waals surface area contributed by atoms with Crippen LogP contribution in [0.1, 0.15) is 28.7 Å². The van der Waals surface area contributed by atoms with Crippen molar-refractivity contribution in [1.29, 1.82) is 0 Å². The van der Waals surface area contributed by atoms with Gasteiger partial charge >= 0.3 is 5.97 Å². The first-order valence-electron chi connectivity index (χ1n) is 5.94. The Morgan fingerprint density at radius 1 is 1.47 bits per heavy atom. The molecule has 19 heavy (non-hydrogen) atoms. The smallest absolute Gasteiger partial charge is 0.337 e. The highest BCUT2D eigenvalue weighted by Gasteiger charge is 2.13. The van der Waals surface area contributed by atoms with E-state index in [-0.39, 0.29) is 6.61 Å². The summed E-state index contributed by atoms with van der Waals surface area (Å²) >= 11 is 0. The average Bonchev–Trinajstić information content (AvgIpc) is 2.89. The Bertz CT molecular complexity index is 593. The number of benzene rings is 1. The standard InChI is InChI=1S/C13H15N3O3/c1-3-12-11(8-17)14-15-16(12)10-6-4-5-9(7-10)13(18)19-2/h4-7,17H,3,8H2,1-2H3. The monoisotopic (exact) mass is 261 g/mol. The second kappa shape index (κ2) is 5.62. The Kier molecular flexibility index (Phi) is 3.91. The van der Waals surface area contributed by atoms with Gasteiger partial charge in [-0.25, -0.2) is 9.48 Å².